The van der Waals surface area contributed by atoms with Gasteiger partial charge < -0.3 is 0 Å². The summed E-state index contributed by atoms with van der Waals surface area (Å²) >= 11 is 13.1. The molecular weight excluding hydrogens is 433 g/mol. The number of benzene rings is 2. The van der Waals surface area contributed by atoms with Gasteiger partial charge in [-0.25, -0.2) is 13.4 Å². The Kier molecular flexibility index (Phi) is 5.43. The number of hydrogen-bond acceptors (Lipinski definition) is 4. The summed E-state index contributed by atoms with van der Waals surface area (Å²) in [4.78, 5) is 5.07. The predicted molar refractivity (Wildman–Crippen MR) is 117 cm³/mol. The maximum Gasteiger partial charge on any atom is 0.188 e. The van der Waals surface area contributed by atoms with Crippen molar-refractivity contribution in [1.82, 2.24) is 4.98 Å². The number of nitrogens with zero attached hydrogens (tertiary/aromatic N) is 1. The van der Waals surface area contributed by atoms with Crippen LogP contribution in [0, 0.1) is 0 Å². The molecule has 4 aromatic rings. The Bertz CT molecular complexity index is 1230. The van der Waals surface area contributed by atoms with Gasteiger partial charge in [0.15, 0.2) is 9.84 Å². The quantitative estimate of drug-likeness (QED) is 0.361. The monoisotopic (exact) mass is 447 g/mol. The molecule has 3 nitrogen and oxygen atoms in total. The van der Waals surface area contributed by atoms with E-state index in [-0.39, 0.29) is 5.75 Å². The molecule has 2 aromatic carbocycles. The normalized spacial score (nSPS) is 11.8. The van der Waals surface area contributed by atoms with Gasteiger partial charge in [0.05, 0.1) is 5.75 Å². The lowest BCUT2D eigenvalue weighted by Gasteiger charge is -2.07. The van der Waals surface area contributed by atoms with Gasteiger partial charge in [-0.05, 0) is 53.9 Å². The molecule has 0 spiro atoms. The summed E-state index contributed by atoms with van der Waals surface area (Å²) in [6, 6.07) is 18.2. The molecule has 0 aliphatic heterocycles. The van der Waals surface area contributed by atoms with Crippen molar-refractivity contribution in [2.24, 2.45) is 0 Å². The van der Waals surface area contributed by atoms with Crippen LogP contribution in [0.5, 0.6) is 0 Å². The zero-order valence-corrected chi connectivity index (χ0v) is 17.7. The molecule has 0 aliphatic carbocycles. The first-order valence-electron chi connectivity index (χ1n) is 8.55. The van der Waals surface area contributed by atoms with Crippen LogP contribution >= 0.6 is 34.5 Å². The third-order valence-electron chi connectivity index (χ3n) is 4.42. The summed E-state index contributed by atoms with van der Waals surface area (Å²) in [5, 5.41) is 2.07. The van der Waals surface area contributed by atoms with E-state index < -0.39 is 9.84 Å². The zero-order chi connectivity index (χ0) is 19.7. The second-order valence-electron chi connectivity index (χ2n) is 6.32. The van der Waals surface area contributed by atoms with Gasteiger partial charge in [-0.1, -0.05) is 47.5 Å². The van der Waals surface area contributed by atoms with Crippen LogP contribution in [0.25, 0.3) is 21.3 Å². The third-order valence-corrected chi connectivity index (χ3v) is 8.36. The first-order chi connectivity index (χ1) is 13.4. The minimum atomic E-state index is -3.51. The van der Waals surface area contributed by atoms with E-state index in [1.165, 1.54) is 11.3 Å². The van der Waals surface area contributed by atoms with Crippen LogP contribution in [-0.4, -0.2) is 19.2 Å². The average Bonchev–Trinajstić information content (AvgIpc) is 3.09. The van der Waals surface area contributed by atoms with Crippen LogP contribution in [0.3, 0.4) is 0 Å². The number of aromatic nitrogens is 1. The Balaban J connectivity index is 1.77. The Labute approximate surface area is 177 Å². The minimum Gasteiger partial charge on any atom is -0.245 e. The van der Waals surface area contributed by atoms with E-state index in [2.05, 4.69) is 4.98 Å². The summed E-state index contributed by atoms with van der Waals surface area (Å²) in [6.45, 7) is 0. The number of halogens is 2. The summed E-state index contributed by atoms with van der Waals surface area (Å²) in [5.74, 6) is 0.0159. The van der Waals surface area contributed by atoms with Gasteiger partial charge in [-0.3, -0.25) is 0 Å². The zero-order valence-electron chi connectivity index (χ0n) is 14.6. The van der Waals surface area contributed by atoms with Gasteiger partial charge >= 0.3 is 0 Å². The van der Waals surface area contributed by atoms with Crippen LogP contribution in [0.4, 0.5) is 0 Å². The van der Waals surface area contributed by atoms with E-state index in [0.29, 0.717) is 31.1 Å². The molecular formula is C21H15Cl2NO2S2. The van der Waals surface area contributed by atoms with Gasteiger partial charge in [-0.2, -0.15) is 0 Å². The van der Waals surface area contributed by atoms with Crippen LogP contribution < -0.4 is 0 Å². The summed E-state index contributed by atoms with van der Waals surface area (Å²) in [5.41, 5.74) is 2.44. The van der Waals surface area contributed by atoms with Crippen molar-refractivity contribution in [2.75, 3.05) is 5.75 Å². The maximum absolute atomic E-state index is 13.2. The van der Waals surface area contributed by atoms with Crippen molar-refractivity contribution in [3.63, 3.8) is 0 Å². The molecule has 0 saturated carbocycles. The summed E-state index contributed by atoms with van der Waals surface area (Å²) < 4.78 is 26.8. The molecule has 28 heavy (non-hydrogen) atoms. The van der Waals surface area contributed by atoms with Crippen molar-refractivity contribution in [3.8, 4) is 11.1 Å². The lowest BCUT2D eigenvalue weighted by Crippen LogP contribution is -2.08. The first kappa shape index (κ1) is 19.4. The number of sulfone groups is 1. The van der Waals surface area contributed by atoms with Crippen LogP contribution in [0.1, 0.15) is 5.56 Å². The topological polar surface area (TPSA) is 47.0 Å². The lowest BCUT2D eigenvalue weighted by atomic mass is 10.1. The fourth-order valence-electron chi connectivity index (χ4n) is 3.02. The van der Waals surface area contributed by atoms with Crippen molar-refractivity contribution in [1.29, 1.82) is 0 Å². The number of thiophene rings is 1. The lowest BCUT2D eigenvalue weighted by molar-refractivity contribution is 0.597. The van der Waals surface area contributed by atoms with E-state index in [4.69, 9.17) is 23.2 Å². The molecule has 0 saturated heterocycles. The van der Waals surface area contributed by atoms with Gasteiger partial charge in [0, 0.05) is 27.2 Å². The van der Waals surface area contributed by atoms with E-state index >= 15 is 0 Å². The van der Waals surface area contributed by atoms with E-state index in [1.54, 1.807) is 30.5 Å². The third kappa shape index (κ3) is 3.94. The van der Waals surface area contributed by atoms with Crippen LogP contribution in [0.15, 0.2) is 71.1 Å². The highest BCUT2D eigenvalue weighted by molar-refractivity contribution is 7.93. The smallest absolute Gasteiger partial charge is 0.188 e. The van der Waals surface area contributed by atoms with Gasteiger partial charge in [0.1, 0.15) is 9.04 Å². The number of rotatable bonds is 5. The number of pyridine rings is 1. The standard InChI is InChI=1S/C21H15Cl2NO2S2/c22-16-7-3-14(4-8-16)11-13-28(25,26)21-19(15-5-9-17(23)10-6-15)18-2-1-12-24-20(18)27-21/h1-10,12H,11,13H2. The average molecular weight is 448 g/mol. The molecule has 2 aromatic heterocycles. The van der Waals surface area contributed by atoms with E-state index in [0.717, 1.165) is 16.5 Å². The Morgan fingerprint density at radius 1 is 0.893 bits per heavy atom. The second-order valence-corrected chi connectivity index (χ2v) is 10.5. The first-order valence-corrected chi connectivity index (χ1v) is 11.8. The van der Waals surface area contributed by atoms with Gasteiger partial charge in [0.25, 0.3) is 0 Å². The van der Waals surface area contributed by atoms with Crippen molar-refractivity contribution in [2.45, 2.75) is 10.6 Å². The molecule has 0 amide bonds. The Hall–Kier alpha value is -1.92. The predicted octanol–water partition coefficient (Wildman–Crippen LogP) is 6.29. The Morgan fingerprint density at radius 2 is 1.54 bits per heavy atom. The molecule has 0 N–H and O–H groups in total. The van der Waals surface area contributed by atoms with Crippen LogP contribution in [0.2, 0.25) is 10.0 Å². The summed E-state index contributed by atoms with van der Waals surface area (Å²) in [6.07, 6.45) is 2.09. The van der Waals surface area contributed by atoms with Gasteiger partial charge in [0.2, 0.25) is 0 Å². The fraction of sp³-hybridized carbons (Fsp3) is 0.0952. The van der Waals surface area contributed by atoms with Crippen molar-refractivity contribution in [3.05, 3.63) is 82.5 Å². The fourth-order valence-corrected chi connectivity index (χ4v) is 6.39. The van der Waals surface area contributed by atoms with Crippen molar-refractivity contribution >= 4 is 54.6 Å². The van der Waals surface area contributed by atoms with E-state index in [1.807, 2.05) is 36.4 Å². The number of fused-ring (bicyclic) bond motifs is 1. The summed E-state index contributed by atoms with van der Waals surface area (Å²) in [7, 11) is -3.51. The van der Waals surface area contributed by atoms with Gasteiger partial charge in [-0.15, -0.1) is 11.3 Å². The molecule has 7 heteroatoms. The molecule has 0 aliphatic rings. The molecule has 4 rings (SSSR count). The number of aryl methyl sites for hydroxylation is 1. The number of hydrogen-bond donors (Lipinski definition) is 0. The minimum absolute atomic E-state index is 0.0159. The molecule has 142 valence electrons. The highest BCUT2D eigenvalue weighted by Gasteiger charge is 2.25. The highest BCUT2D eigenvalue weighted by Crippen LogP contribution is 2.41. The molecule has 0 unspecified atom stereocenters. The van der Waals surface area contributed by atoms with Crippen molar-refractivity contribution < 1.29 is 8.42 Å². The molecule has 0 fully saturated rings. The SMILES string of the molecule is O=S(=O)(CCc1ccc(Cl)cc1)c1sc2ncccc2c1-c1ccc(Cl)cc1. The molecule has 0 radical (unpaired) electrons. The highest BCUT2D eigenvalue weighted by atomic mass is 35.5. The molecule has 2 heterocycles. The van der Waals surface area contributed by atoms with E-state index in [9.17, 15) is 8.42 Å². The second kappa shape index (κ2) is 7.84. The molecule has 0 bridgehead atoms. The Morgan fingerprint density at radius 3 is 2.21 bits per heavy atom. The molecule has 0 atom stereocenters. The maximum atomic E-state index is 13.2. The van der Waals surface area contributed by atoms with Crippen LogP contribution in [-0.2, 0) is 16.3 Å². The largest absolute Gasteiger partial charge is 0.245 e.